The van der Waals surface area contributed by atoms with Crippen molar-refractivity contribution in [3.8, 4) is 56.4 Å². The second-order valence-electron chi connectivity index (χ2n) is 15.2. The first kappa shape index (κ1) is 33.2. The highest BCUT2D eigenvalue weighted by Crippen LogP contribution is 2.44. The van der Waals surface area contributed by atoms with Crippen LogP contribution >= 0.6 is 0 Å². The lowest BCUT2D eigenvalue weighted by atomic mass is 9.92. The molecule has 12 aromatic rings. The summed E-state index contributed by atoms with van der Waals surface area (Å²) in [4.78, 5) is 15.3. The summed E-state index contributed by atoms with van der Waals surface area (Å²) in [6.45, 7) is 0. The van der Waals surface area contributed by atoms with E-state index >= 15 is 0 Å². The third kappa shape index (κ3) is 5.57. The van der Waals surface area contributed by atoms with Crippen LogP contribution in [0.2, 0.25) is 0 Å². The van der Waals surface area contributed by atoms with Crippen LogP contribution in [0.3, 0.4) is 0 Å². The number of hydrogen-bond acceptors (Lipinski definition) is 4. The van der Waals surface area contributed by atoms with E-state index in [1.807, 2.05) is 72.8 Å². The molecule has 0 radical (unpaired) electrons. The first-order valence-electron chi connectivity index (χ1n) is 19.9. The maximum Gasteiger partial charge on any atom is 0.164 e. The smallest absolute Gasteiger partial charge is 0.164 e. The summed E-state index contributed by atoms with van der Waals surface area (Å²) >= 11 is 0. The summed E-state index contributed by atoms with van der Waals surface area (Å²) in [5.41, 5.74) is 8.68. The number of hydrogen-bond donors (Lipinski definition) is 0. The Bertz CT molecular complexity index is 3550. The van der Waals surface area contributed by atoms with Crippen LogP contribution in [0.4, 0.5) is 0 Å². The number of benzene rings is 10. The monoisotopic (exact) mass is 751 g/mol. The number of nitrogens with zero attached hydrogens (tertiary/aromatic N) is 3. The van der Waals surface area contributed by atoms with Crippen LogP contribution in [0.15, 0.2) is 205 Å². The summed E-state index contributed by atoms with van der Waals surface area (Å²) < 4.78 is 6.95. The van der Waals surface area contributed by atoms with Gasteiger partial charge in [-0.3, -0.25) is 0 Å². The molecule has 10 aromatic carbocycles. The van der Waals surface area contributed by atoms with Crippen LogP contribution in [0.1, 0.15) is 0 Å². The zero-order chi connectivity index (χ0) is 38.9. The summed E-state index contributed by atoms with van der Waals surface area (Å²) in [6, 6.07) is 70.6. The molecule has 0 amide bonds. The van der Waals surface area contributed by atoms with Crippen molar-refractivity contribution in [3.63, 3.8) is 0 Å². The highest BCUT2D eigenvalue weighted by atomic mass is 16.3. The Hall–Kier alpha value is -7.95. The van der Waals surface area contributed by atoms with Crippen molar-refractivity contribution in [1.82, 2.24) is 15.0 Å². The van der Waals surface area contributed by atoms with Crippen molar-refractivity contribution in [2.24, 2.45) is 0 Å². The van der Waals surface area contributed by atoms with Gasteiger partial charge in [0.25, 0.3) is 0 Å². The Morgan fingerprint density at radius 3 is 1.46 bits per heavy atom. The van der Waals surface area contributed by atoms with E-state index < -0.39 is 0 Å². The Morgan fingerprint density at radius 2 is 0.814 bits per heavy atom. The molecule has 0 bridgehead atoms. The topological polar surface area (TPSA) is 51.8 Å². The lowest BCUT2D eigenvalue weighted by Crippen LogP contribution is -2.00. The molecule has 0 fully saturated rings. The Labute approximate surface area is 339 Å². The van der Waals surface area contributed by atoms with E-state index in [1.165, 1.54) is 43.1 Å². The average molecular weight is 752 g/mol. The maximum absolute atomic E-state index is 6.95. The summed E-state index contributed by atoms with van der Waals surface area (Å²) in [6.07, 6.45) is 0. The van der Waals surface area contributed by atoms with Gasteiger partial charge in [-0.15, -0.1) is 0 Å². The normalized spacial score (nSPS) is 11.7. The molecular weight excluding hydrogens is 719 g/mol. The van der Waals surface area contributed by atoms with E-state index in [2.05, 4.69) is 127 Å². The molecular formula is C55H33N3O. The molecule has 0 aliphatic carbocycles. The Balaban J connectivity index is 1.13. The molecule has 0 aliphatic rings. The predicted octanol–water partition coefficient (Wildman–Crippen LogP) is 14.7. The second-order valence-corrected chi connectivity index (χ2v) is 15.2. The van der Waals surface area contributed by atoms with Crippen molar-refractivity contribution in [3.05, 3.63) is 200 Å². The number of fused-ring (bicyclic) bond motifs is 9. The molecule has 4 heteroatoms. The van der Waals surface area contributed by atoms with Gasteiger partial charge in [-0.05, 0) is 90.1 Å². The number of rotatable bonds is 5. The molecule has 0 saturated heterocycles. The molecule has 4 nitrogen and oxygen atoms in total. The van der Waals surface area contributed by atoms with E-state index in [4.69, 9.17) is 19.4 Å². The number of aromatic nitrogens is 3. The van der Waals surface area contributed by atoms with E-state index in [0.717, 1.165) is 60.9 Å². The maximum atomic E-state index is 6.95. The van der Waals surface area contributed by atoms with E-state index in [0.29, 0.717) is 17.5 Å². The summed E-state index contributed by atoms with van der Waals surface area (Å²) in [5.74, 6) is 1.83. The molecule has 2 aromatic heterocycles. The van der Waals surface area contributed by atoms with Crippen LogP contribution < -0.4 is 0 Å². The molecule has 0 aliphatic heterocycles. The second kappa shape index (κ2) is 13.3. The fourth-order valence-corrected chi connectivity index (χ4v) is 8.80. The third-order valence-electron chi connectivity index (χ3n) is 11.7. The van der Waals surface area contributed by atoms with Gasteiger partial charge in [0.15, 0.2) is 17.5 Å². The molecule has 0 atom stereocenters. The van der Waals surface area contributed by atoms with Gasteiger partial charge in [-0.1, -0.05) is 170 Å². The molecule has 0 unspecified atom stereocenters. The molecule has 0 spiro atoms. The summed E-state index contributed by atoms with van der Waals surface area (Å²) in [5, 5.41) is 11.8. The third-order valence-corrected chi connectivity index (χ3v) is 11.7. The van der Waals surface area contributed by atoms with E-state index in [-0.39, 0.29) is 0 Å². The quantitative estimate of drug-likeness (QED) is 0.164. The SMILES string of the molecule is c1ccc(-c2nc(-c3ccccc3)nc(-c3cccc4oc5c(-c6ccc7c(ccc8ccccc87)c6)cc(-c6ccc7c(ccc8ccccc87)c6)cc5c34)n2)cc1. The van der Waals surface area contributed by atoms with E-state index in [9.17, 15) is 0 Å². The lowest BCUT2D eigenvalue weighted by Gasteiger charge is -2.12. The first-order chi connectivity index (χ1) is 29.2. The fourth-order valence-electron chi connectivity index (χ4n) is 8.80. The lowest BCUT2D eigenvalue weighted by molar-refractivity contribution is 0.670. The number of furan rings is 1. The van der Waals surface area contributed by atoms with Gasteiger partial charge in [0.2, 0.25) is 0 Å². The zero-order valence-electron chi connectivity index (χ0n) is 31.8. The van der Waals surface area contributed by atoms with Gasteiger partial charge in [0.1, 0.15) is 11.2 Å². The molecule has 59 heavy (non-hydrogen) atoms. The van der Waals surface area contributed by atoms with Crippen LogP contribution in [-0.4, -0.2) is 15.0 Å². The minimum Gasteiger partial charge on any atom is -0.455 e. The van der Waals surface area contributed by atoms with Crippen molar-refractivity contribution in [2.45, 2.75) is 0 Å². The van der Waals surface area contributed by atoms with E-state index in [1.54, 1.807) is 0 Å². The minimum absolute atomic E-state index is 0.591. The van der Waals surface area contributed by atoms with Gasteiger partial charge in [-0.2, -0.15) is 0 Å². The molecule has 2 heterocycles. The standard InChI is InChI=1S/C55H33N3O/c1-3-14-36(15-4-1)53-56-54(37-16-5-2-6-17-37)58-55(57-53)47-20-11-21-50-51(47)49-33-42(38-26-28-45-39(30-38)24-22-34-12-7-9-18-43(34)45)32-48(52(49)59-50)41-27-29-46-40(31-41)25-23-35-13-8-10-19-44(35)46/h1-33H. The van der Waals surface area contributed by atoms with Gasteiger partial charge in [0.05, 0.1) is 0 Å². The Morgan fingerprint density at radius 1 is 0.288 bits per heavy atom. The van der Waals surface area contributed by atoms with Gasteiger partial charge in [0, 0.05) is 33.0 Å². The zero-order valence-corrected chi connectivity index (χ0v) is 31.8. The molecule has 0 N–H and O–H groups in total. The van der Waals surface area contributed by atoms with Gasteiger partial charge >= 0.3 is 0 Å². The van der Waals surface area contributed by atoms with Crippen molar-refractivity contribution >= 4 is 65.0 Å². The van der Waals surface area contributed by atoms with Gasteiger partial charge < -0.3 is 4.42 Å². The minimum atomic E-state index is 0.591. The fraction of sp³-hybridized carbons (Fsp3) is 0. The van der Waals surface area contributed by atoms with Crippen LogP contribution in [0.25, 0.3) is 121 Å². The van der Waals surface area contributed by atoms with Gasteiger partial charge in [-0.25, -0.2) is 15.0 Å². The highest BCUT2D eigenvalue weighted by Gasteiger charge is 2.21. The van der Waals surface area contributed by atoms with Crippen molar-refractivity contribution in [2.75, 3.05) is 0 Å². The highest BCUT2D eigenvalue weighted by molar-refractivity contribution is 6.17. The summed E-state index contributed by atoms with van der Waals surface area (Å²) in [7, 11) is 0. The molecule has 274 valence electrons. The average Bonchev–Trinajstić information content (AvgIpc) is 3.70. The first-order valence-corrected chi connectivity index (χ1v) is 19.9. The van der Waals surface area contributed by atoms with Crippen LogP contribution in [-0.2, 0) is 0 Å². The predicted molar refractivity (Wildman–Crippen MR) is 244 cm³/mol. The van der Waals surface area contributed by atoms with Crippen LogP contribution in [0, 0.1) is 0 Å². The molecule has 12 rings (SSSR count). The van der Waals surface area contributed by atoms with Crippen LogP contribution in [0.5, 0.6) is 0 Å². The van der Waals surface area contributed by atoms with Crippen molar-refractivity contribution in [1.29, 1.82) is 0 Å². The Kier molecular flexibility index (Phi) is 7.50. The largest absolute Gasteiger partial charge is 0.455 e. The van der Waals surface area contributed by atoms with Crippen molar-refractivity contribution < 1.29 is 4.42 Å². The molecule has 0 saturated carbocycles.